The van der Waals surface area contributed by atoms with E-state index in [1.807, 2.05) is 6.08 Å². The van der Waals surface area contributed by atoms with Crippen LogP contribution in [-0.2, 0) is 15.1 Å². The van der Waals surface area contributed by atoms with Crippen molar-refractivity contribution in [1.29, 1.82) is 0 Å². The van der Waals surface area contributed by atoms with Gasteiger partial charge in [-0.25, -0.2) is 9.38 Å². The van der Waals surface area contributed by atoms with Gasteiger partial charge in [-0.2, -0.15) is 0 Å². The number of nitrogens with zero attached hydrogens (tertiary/aromatic N) is 2. The van der Waals surface area contributed by atoms with Crippen molar-refractivity contribution in [1.82, 2.24) is 4.90 Å². The molecular weight excluding hydrogens is 373 g/mol. The van der Waals surface area contributed by atoms with Gasteiger partial charge in [0.25, 0.3) is 0 Å². The zero-order valence-corrected chi connectivity index (χ0v) is 16.8. The molecule has 3 aliphatic rings. The molecule has 0 unspecified atom stereocenters. The summed E-state index contributed by atoms with van der Waals surface area (Å²) >= 11 is 0. The second kappa shape index (κ2) is 7.78. The van der Waals surface area contributed by atoms with Gasteiger partial charge in [0.15, 0.2) is 5.96 Å². The molecule has 1 aromatic carbocycles. The predicted molar refractivity (Wildman–Crippen MR) is 108 cm³/mol. The predicted octanol–water partition coefficient (Wildman–Crippen LogP) is 2.97. The number of aliphatic imine (C=N–C) groups is 1. The maximum absolute atomic E-state index is 15.0. The minimum Gasteiger partial charge on any atom is -0.494 e. The van der Waals surface area contributed by atoms with E-state index in [4.69, 9.17) is 15.2 Å². The molecule has 0 bridgehead atoms. The largest absolute Gasteiger partial charge is 0.494 e. The Morgan fingerprint density at radius 1 is 1.48 bits per heavy atom. The maximum atomic E-state index is 15.0. The third kappa shape index (κ3) is 3.64. The molecule has 0 radical (unpaired) electrons. The van der Waals surface area contributed by atoms with Gasteiger partial charge in [-0.15, -0.1) is 6.58 Å². The highest BCUT2D eigenvalue weighted by molar-refractivity contribution is 6.00. The van der Waals surface area contributed by atoms with Crippen LogP contribution in [0, 0.1) is 17.7 Å². The molecule has 156 valence electrons. The minimum absolute atomic E-state index is 0.0152. The summed E-state index contributed by atoms with van der Waals surface area (Å²) in [5.74, 6) is 0.0295. The van der Waals surface area contributed by atoms with E-state index < -0.39 is 17.3 Å². The van der Waals surface area contributed by atoms with Crippen LogP contribution >= 0.6 is 0 Å². The van der Waals surface area contributed by atoms with Gasteiger partial charge in [-0.1, -0.05) is 6.08 Å². The van der Waals surface area contributed by atoms with E-state index in [2.05, 4.69) is 11.6 Å². The summed E-state index contributed by atoms with van der Waals surface area (Å²) in [7, 11) is 1.61. The van der Waals surface area contributed by atoms with Crippen molar-refractivity contribution >= 4 is 11.9 Å². The Balaban J connectivity index is 1.69. The molecule has 29 heavy (non-hydrogen) atoms. The smallest absolute Gasteiger partial charge is 0.235 e. The van der Waals surface area contributed by atoms with Gasteiger partial charge in [0.05, 0.1) is 25.2 Å². The molecule has 6 nitrogen and oxygen atoms in total. The Kier molecular flexibility index (Phi) is 5.34. The second-order valence-corrected chi connectivity index (χ2v) is 8.19. The number of unbranched alkanes of at least 4 members (excludes halogenated alkanes) is 1. The normalized spacial score (nSPS) is 29.2. The number of nitrogens with two attached hydrogens (primary N) is 1. The van der Waals surface area contributed by atoms with Gasteiger partial charge in [0.2, 0.25) is 5.91 Å². The SMILES string of the molecule is C=CCCCOc1ccc(F)c([C@]23CO[C@@H](C4CC4)C[C@H]2C(=O)N(C)C(N)=N3)c1. The van der Waals surface area contributed by atoms with E-state index >= 15 is 4.39 Å². The van der Waals surface area contributed by atoms with E-state index in [9.17, 15) is 4.79 Å². The molecule has 2 fully saturated rings. The molecule has 4 rings (SSSR count). The lowest BCUT2D eigenvalue weighted by Gasteiger charge is -2.47. The zero-order valence-electron chi connectivity index (χ0n) is 16.8. The third-order valence-electron chi connectivity index (χ3n) is 6.22. The van der Waals surface area contributed by atoms with Gasteiger partial charge >= 0.3 is 0 Å². The van der Waals surface area contributed by atoms with Crippen LogP contribution in [0.1, 0.15) is 37.7 Å². The molecule has 0 spiro atoms. The fraction of sp³-hybridized carbons (Fsp3) is 0.545. The van der Waals surface area contributed by atoms with E-state index in [0.29, 0.717) is 30.3 Å². The number of carbonyl (C=O) groups is 1. The van der Waals surface area contributed by atoms with Crippen molar-refractivity contribution in [2.24, 2.45) is 22.6 Å². The number of rotatable bonds is 7. The van der Waals surface area contributed by atoms with Crippen LogP contribution in [0.2, 0.25) is 0 Å². The summed E-state index contributed by atoms with van der Waals surface area (Å²) in [5, 5.41) is 0. The summed E-state index contributed by atoms with van der Waals surface area (Å²) < 4.78 is 26.9. The molecule has 2 heterocycles. The number of benzene rings is 1. The lowest BCUT2D eigenvalue weighted by molar-refractivity contribution is -0.146. The van der Waals surface area contributed by atoms with Crippen LogP contribution in [0.5, 0.6) is 5.75 Å². The number of ether oxygens (including phenoxy) is 2. The van der Waals surface area contributed by atoms with Gasteiger partial charge < -0.3 is 15.2 Å². The number of fused-ring (bicyclic) bond motifs is 1. The summed E-state index contributed by atoms with van der Waals surface area (Å²) in [5.41, 5.74) is 5.19. The third-order valence-corrected chi connectivity index (χ3v) is 6.22. The summed E-state index contributed by atoms with van der Waals surface area (Å²) in [6.07, 6.45) is 6.27. The van der Waals surface area contributed by atoms with Crippen LogP contribution in [0.25, 0.3) is 0 Å². The summed E-state index contributed by atoms with van der Waals surface area (Å²) in [4.78, 5) is 19.1. The Labute approximate surface area is 170 Å². The van der Waals surface area contributed by atoms with E-state index in [-0.39, 0.29) is 24.6 Å². The van der Waals surface area contributed by atoms with Gasteiger partial charge in [0.1, 0.15) is 17.1 Å². The second-order valence-electron chi connectivity index (χ2n) is 8.19. The number of carbonyl (C=O) groups excluding carboxylic acids is 1. The maximum Gasteiger partial charge on any atom is 0.235 e. The Bertz CT molecular complexity index is 839. The number of guanidine groups is 1. The van der Waals surface area contributed by atoms with E-state index in [0.717, 1.165) is 25.7 Å². The van der Waals surface area contributed by atoms with Crippen LogP contribution in [-0.4, -0.2) is 43.1 Å². The Morgan fingerprint density at radius 3 is 3.00 bits per heavy atom. The first kappa shape index (κ1) is 19.9. The lowest BCUT2D eigenvalue weighted by atomic mass is 9.72. The average molecular weight is 401 g/mol. The fourth-order valence-corrected chi connectivity index (χ4v) is 4.34. The zero-order chi connectivity index (χ0) is 20.6. The van der Waals surface area contributed by atoms with Gasteiger partial charge in [-0.3, -0.25) is 9.69 Å². The summed E-state index contributed by atoms with van der Waals surface area (Å²) in [6.45, 7) is 4.33. The highest BCUT2D eigenvalue weighted by Gasteiger charge is 2.56. The number of hydrogen-bond donors (Lipinski definition) is 1. The number of amides is 1. The molecule has 2 N–H and O–H groups in total. The quantitative estimate of drug-likeness (QED) is 0.563. The number of allylic oxidation sites excluding steroid dienone is 1. The highest BCUT2D eigenvalue weighted by atomic mass is 19.1. The molecule has 1 saturated heterocycles. The average Bonchev–Trinajstić information content (AvgIpc) is 3.56. The van der Waals surface area contributed by atoms with Crippen LogP contribution in [0.15, 0.2) is 35.8 Å². The Morgan fingerprint density at radius 2 is 2.28 bits per heavy atom. The molecular formula is C22H28FN3O3. The van der Waals surface area contributed by atoms with Crippen molar-refractivity contribution in [3.63, 3.8) is 0 Å². The van der Waals surface area contributed by atoms with Crippen LogP contribution in [0.4, 0.5) is 4.39 Å². The first-order valence-electron chi connectivity index (χ1n) is 10.2. The number of hydrogen-bond acceptors (Lipinski definition) is 5. The van der Waals surface area contributed by atoms with Crippen molar-refractivity contribution < 1.29 is 18.7 Å². The van der Waals surface area contributed by atoms with E-state index in [1.54, 1.807) is 19.2 Å². The summed E-state index contributed by atoms with van der Waals surface area (Å²) in [6, 6.07) is 4.61. The molecule has 1 aromatic rings. The van der Waals surface area contributed by atoms with Crippen molar-refractivity contribution in [2.45, 2.75) is 43.7 Å². The fourth-order valence-electron chi connectivity index (χ4n) is 4.34. The molecule has 0 aromatic heterocycles. The minimum atomic E-state index is -1.16. The topological polar surface area (TPSA) is 77.2 Å². The molecule has 7 heteroatoms. The molecule has 1 saturated carbocycles. The van der Waals surface area contributed by atoms with Crippen molar-refractivity contribution in [3.05, 3.63) is 42.2 Å². The molecule has 2 aliphatic heterocycles. The molecule has 1 aliphatic carbocycles. The van der Waals surface area contributed by atoms with Crippen molar-refractivity contribution in [2.75, 3.05) is 20.3 Å². The molecule has 1 amide bonds. The lowest BCUT2D eigenvalue weighted by Crippen LogP contribution is -2.60. The molecule has 3 atom stereocenters. The highest BCUT2D eigenvalue weighted by Crippen LogP contribution is 2.49. The standard InChI is InChI=1S/C22H28FN3O3/c1-3-4-5-10-28-15-8-9-18(23)16(11-15)22-13-29-19(14-6-7-14)12-17(22)20(27)26(2)21(24)25-22/h3,8-9,11,14,17,19H,1,4-7,10,12-13H2,2H3,(H2,24,25)/t17-,19+,22+/m0/s1. The van der Waals surface area contributed by atoms with Crippen LogP contribution in [0.3, 0.4) is 0 Å². The first-order valence-corrected chi connectivity index (χ1v) is 10.2. The first-order chi connectivity index (χ1) is 14.0. The number of halogens is 1. The Hall–Kier alpha value is -2.41. The van der Waals surface area contributed by atoms with Crippen LogP contribution < -0.4 is 10.5 Å². The van der Waals surface area contributed by atoms with Crippen molar-refractivity contribution in [3.8, 4) is 5.75 Å². The monoisotopic (exact) mass is 401 g/mol. The van der Waals surface area contributed by atoms with E-state index in [1.165, 1.54) is 11.0 Å². The van der Waals surface area contributed by atoms with Gasteiger partial charge in [-0.05, 0) is 56.2 Å². The van der Waals surface area contributed by atoms with Gasteiger partial charge in [0, 0.05) is 12.6 Å².